The topological polar surface area (TPSA) is 49.8 Å². The highest BCUT2D eigenvalue weighted by Crippen LogP contribution is 2.15. The lowest BCUT2D eigenvalue weighted by molar-refractivity contribution is -0.132. The monoisotopic (exact) mass is 156 g/mol. The number of epoxide rings is 1. The fourth-order valence-corrected chi connectivity index (χ4v) is 0.861. The molecule has 1 saturated heterocycles. The first-order chi connectivity index (χ1) is 5.24. The maximum Gasteiger partial charge on any atom is 0.331 e. The van der Waals surface area contributed by atoms with Crippen LogP contribution in [0.5, 0.6) is 0 Å². The van der Waals surface area contributed by atoms with Gasteiger partial charge in [-0.25, -0.2) is 4.79 Å². The highest BCUT2D eigenvalue weighted by Gasteiger charge is 2.21. The number of hydrogen-bond acceptors (Lipinski definition) is 2. The molecule has 0 aromatic rings. The van der Waals surface area contributed by atoms with Crippen LogP contribution >= 0.6 is 0 Å². The molecule has 1 aliphatic rings. The van der Waals surface area contributed by atoms with Crippen molar-refractivity contribution in [3.05, 3.63) is 11.6 Å². The van der Waals surface area contributed by atoms with Gasteiger partial charge in [0, 0.05) is 5.57 Å². The number of rotatable bonds is 4. The molecule has 1 atom stereocenters. The third-order valence-electron chi connectivity index (χ3n) is 1.69. The van der Waals surface area contributed by atoms with Gasteiger partial charge >= 0.3 is 5.97 Å². The second-order valence-corrected chi connectivity index (χ2v) is 2.58. The summed E-state index contributed by atoms with van der Waals surface area (Å²) in [4.78, 5) is 10.5. The van der Waals surface area contributed by atoms with Crippen molar-refractivity contribution >= 4 is 5.97 Å². The molecule has 1 rings (SSSR count). The molecule has 0 saturated carbocycles. The minimum atomic E-state index is -0.812. The van der Waals surface area contributed by atoms with Crippen LogP contribution in [0.4, 0.5) is 0 Å². The average Bonchev–Trinajstić information content (AvgIpc) is 2.72. The Kier molecular flexibility index (Phi) is 2.65. The minimum Gasteiger partial charge on any atom is -0.478 e. The van der Waals surface area contributed by atoms with Gasteiger partial charge in [-0.05, 0) is 12.8 Å². The zero-order valence-corrected chi connectivity index (χ0v) is 6.54. The Labute approximate surface area is 65.7 Å². The number of carboxylic acid groups (broad SMARTS) is 1. The molecule has 0 bridgehead atoms. The summed E-state index contributed by atoms with van der Waals surface area (Å²) in [7, 11) is 0. The van der Waals surface area contributed by atoms with Crippen LogP contribution in [0, 0.1) is 0 Å². The zero-order chi connectivity index (χ0) is 8.27. The lowest BCUT2D eigenvalue weighted by atomic mass is 10.1. The van der Waals surface area contributed by atoms with E-state index in [1.54, 1.807) is 6.08 Å². The van der Waals surface area contributed by atoms with E-state index in [9.17, 15) is 4.79 Å². The summed E-state index contributed by atoms with van der Waals surface area (Å²) in [5.41, 5.74) is 0.487. The SMILES string of the molecule is CCC(=CCC1CO1)C(=O)O. The van der Waals surface area contributed by atoms with Crippen molar-refractivity contribution in [3.63, 3.8) is 0 Å². The van der Waals surface area contributed by atoms with Crippen LogP contribution in [0.2, 0.25) is 0 Å². The van der Waals surface area contributed by atoms with Gasteiger partial charge in [0.15, 0.2) is 0 Å². The molecule has 62 valence electrons. The van der Waals surface area contributed by atoms with Crippen LogP contribution in [-0.2, 0) is 9.53 Å². The predicted molar refractivity (Wildman–Crippen MR) is 40.4 cm³/mol. The molecule has 3 nitrogen and oxygen atoms in total. The molecule has 1 heterocycles. The van der Waals surface area contributed by atoms with Gasteiger partial charge in [-0.3, -0.25) is 0 Å². The molecule has 1 N–H and O–H groups in total. The summed E-state index contributed by atoms with van der Waals surface area (Å²) < 4.78 is 4.95. The predicted octanol–water partition coefficient (Wildman–Crippen LogP) is 1.20. The van der Waals surface area contributed by atoms with E-state index in [0.29, 0.717) is 12.0 Å². The van der Waals surface area contributed by atoms with E-state index in [1.165, 1.54) is 0 Å². The van der Waals surface area contributed by atoms with Gasteiger partial charge < -0.3 is 9.84 Å². The first-order valence-corrected chi connectivity index (χ1v) is 3.78. The first kappa shape index (κ1) is 8.27. The van der Waals surface area contributed by atoms with Gasteiger partial charge in [-0.15, -0.1) is 0 Å². The number of carboxylic acids is 1. The largest absolute Gasteiger partial charge is 0.478 e. The first-order valence-electron chi connectivity index (χ1n) is 3.78. The fraction of sp³-hybridized carbons (Fsp3) is 0.625. The summed E-state index contributed by atoms with van der Waals surface area (Å²) in [6.07, 6.45) is 3.37. The Morgan fingerprint density at radius 1 is 1.82 bits per heavy atom. The summed E-state index contributed by atoms with van der Waals surface area (Å²) in [6.45, 7) is 2.63. The van der Waals surface area contributed by atoms with Crippen molar-refractivity contribution in [2.75, 3.05) is 6.61 Å². The third kappa shape index (κ3) is 2.72. The maximum absolute atomic E-state index is 10.5. The molecule has 0 aromatic heterocycles. The number of ether oxygens (including phenoxy) is 1. The molecule has 1 unspecified atom stereocenters. The Morgan fingerprint density at radius 3 is 2.82 bits per heavy atom. The van der Waals surface area contributed by atoms with Crippen molar-refractivity contribution in [1.29, 1.82) is 0 Å². The zero-order valence-electron chi connectivity index (χ0n) is 6.54. The normalized spacial score (nSPS) is 23.4. The van der Waals surface area contributed by atoms with Crippen LogP contribution in [0.3, 0.4) is 0 Å². The van der Waals surface area contributed by atoms with E-state index in [1.807, 2.05) is 6.92 Å². The molecule has 0 amide bonds. The van der Waals surface area contributed by atoms with E-state index >= 15 is 0 Å². The van der Waals surface area contributed by atoms with Crippen molar-refractivity contribution in [2.24, 2.45) is 0 Å². The van der Waals surface area contributed by atoms with Gasteiger partial charge in [-0.2, -0.15) is 0 Å². The van der Waals surface area contributed by atoms with Crippen LogP contribution in [-0.4, -0.2) is 23.8 Å². The highest BCUT2D eigenvalue weighted by molar-refractivity contribution is 5.86. The van der Waals surface area contributed by atoms with Crippen LogP contribution in [0.15, 0.2) is 11.6 Å². The lowest BCUT2D eigenvalue weighted by Crippen LogP contribution is -1.99. The van der Waals surface area contributed by atoms with E-state index in [0.717, 1.165) is 13.0 Å². The van der Waals surface area contributed by atoms with Gasteiger partial charge in [0.05, 0.1) is 12.7 Å². The van der Waals surface area contributed by atoms with Crippen molar-refractivity contribution in [3.8, 4) is 0 Å². The molecule has 11 heavy (non-hydrogen) atoms. The summed E-state index contributed by atoms with van der Waals surface area (Å²) in [5, 5.41) is 8.60. The van der Waals surface area contributed by atoms with E-state index in [4.69, 9.17) is 9.84 Å². The van der Waals surface area contributed by atoms with Gasteiger partial charge in [0.1, 0.15) is 0 Å². The van der Waals surface area contributed by atoms with E-state index in [2.05, 4.69) is 0 Å². The van der Waals surface area contributed by atoms with Crippen LogP contribution in [0.1, 0.15) is 19.8 Å². The Hall–Kier alpha value is -0.830. The quantitative estimate of drug-likeness (QED) is 0.491. The Bertz CT molecular complexity index is 180. The smallest absolute Gasteiger partial charge is 0.331 e. The molecule has 1 aliphatic heterocycles. The maximum atomic E-state index is 10.5. The molecular weight excluding hydrogens is 144 g/mol. The lowest BCUT2D eigenvalue weighted by Gasteiger charge is -1.94. The van der Waals surface area contributed by atoms with E-state index < -0.39 is 5.97 Å². The molecule has 0 aliphatic carbocycles. The van der Waals surface area contributed by atoms with Gasteiger partial charge in [0.25, 0.3) is 0 Å². The van der Waals surface area contributed by atoms with Crippen molar-refractivity contribution < 1.29 is 14.6 Å². The van der Waals surface area contributed by atoms with Crippen LogP contribution in [0.25, 0.3) is 0 Å². The average molecular weight is 156 g/mol. The summed E-state index contributed by atoms with van der Waals surface area (Å²) >= 11 is 0. The summed E-state index contributed by atoms with van der Waals surface area (Å²) in [6, 6.07) is 0. The van der Waals surface area contributed by atoms with Crippen molar-refractivity contribution in [1.82, 2.24) is 0 Å². The van der Waals surface area contributed by atoms with Gasteiger partial charge in [0.2, 0.25) is 0 Å². The Morgan fingerprint density at radius 2 is 2.45 bits per heavy atom. The molecule has 0 radical (unpaired) electrons. The molecule has 0 aromatic carbocycles. The highest BCUT2D eigenvalue weighted by atomic mass is 16.6. The number of aliphatic carboxylic acids is 1. The van der Waals surface area contributed by atoms with Gasteiger partial charge in [-0.1, -0.05) is 13.0 Å². The minimum absolute atomic E-state index is 0.288. The van der Waals surface area contributed by atoms with E-state index in [-0.39, 0.29) is 6.10 Å². The summed E-state index contributed by atoms with van der Waals surface area (Å²) in [5.74, 6) is -0.812. The third-order valence-corrected chi connectivity index (χ3v) is 1.69. The number of carbonyl (C=O) groups is 1. The Balaban J connectivity index is 2.37. The molecule has 0 spiro atoms. The second kappa shape index (κ2) is 3.53. The standard InChI is InChI=1S/C8H12O3/c1-2-6(8(9)10)3-4-7-5-11-7/h3,7H,2,4-5H2,1H3,(H,9,10). The number of hydrogen-bond donors (Lipinski definition) is 1. The molecular formula is C8H12O3. The molecule has 1 fully saturated rings. The second-order valence-electron chi connectivity index (χ2n) is 2.58. The fourth-order valence-electron chi connectivity index (χ4n) is 0.861. The van der Waals surface area contributed by atoms with Crippen LogP contribution < -0.4 is 0 Å². The molecule has 3 heteroatoms. The van der Waals surface area contributed by atoms with Crippen molar-refractivity contribution in [2.45, 2.75) is 25.9 Å².